The highest BCUT2D eigenvalue weighted by Gasteiger charge is 2.20. The molecule has 1 aromatic heterocycles. The smallest absolute Gasteiger partial charge is 0.310 e. The molecule has 7 heteroatoms. The van der Waals surface area contributed by atoms with Crippen LogP contribution < -0.4 is 5.73 Å². The van der Waals surface area contributed by atoms with Gasteiger partial charge in [0.25, 0.3) is 6.43 Å². The lowest BCUT2D eigenvalue weighted by Gasteiger charge is -2.11. The van der Waals surface area contributed by atoms with Crippen molar-refractivity contribution in [1.82, 2.24) is 4.98 Å². The van der Waals surface area contributed by atoms with Gasteiger partial charge in [-0.3, -0.25) is 4.79 Å². The van der Waals surface area contributed by atoms with Gasteiger partial charge in [0.2, 0.25) is 0 Å². The van der Waals surface area contributed by atoms with E-state index < -0.39 is 12.4 Å². The van der Waals surface area contributed by atoms with Gasteiger partial charge in [-0.25, -0.2) is 13.8 Å². The maximum atomic E-state index is 12.7. The van der Waals surface area contributed by atoms with E-state index >= 15 is 0 Å². The standard InChI is InChI=1S/C10H11BrF2N2O2/c1-2-17-7(16)3-5-6(10(12)13)4-15-9(11)8(5)14/h4,10H,2-3,14H2,1H3. The van der Waals surface area contributed by atoms with E-state index in [1.807, 2.05) is 0 Å². The molecule has 0 saturated carbocycles. The van der Waals surface area contributed by atoms with E-state index in [9.17, 15) is 13.6 Å². The fraction of sp³-hybridized carbons (Fsp3) is 0.400. The number of halogens is 3. The molecule has 0 amide bonds. The largest absolute Gasteiger partial charge is 0.466 e. The predicted octanol–water partition coefficient (Wildman–Crippen LogP) is 2.47. The minimum atomic E-state index is -2.73. The third-order valence-electron chi connectivity index (χ3n) is 2.07. The second-order valence-corrected chi connectivity index (χ2v) is 3.93. The zero-order valence-electron chi connectivity index (χ0n) is 9.04. The van der Waals surface area contributed by atoms with Crippen LogP contribution in [0.3, 0.4) is 0 Å². The molecule has 0 radical (unpaired) electrons. The van der Waals surface area contributed by atoms with Crippen LogP contribution in [0.2, 0.25) is 0 Å². The summed E-state index contributed by atoms with van der Waals surface area (Å²) in [6, 6.07) is 0. The number of aromatic nitrogens is 1. The zero-order chi connectivity index (χ0) is 13.0. The Bertz CT molecular complexity index is 427. The van der Waals surface area contributed by atoms with Crippen LogP contribution >= 0.6 is 15.9 Å². The summed E-state index contributed by atoms with van der Waals surface area (Å²) in [6.45, 7) is 1.83. The molecule has 2 N–H and O–H groups in total. The number of nitrogens with two attached hydrogens (primary N) is 1. The molecule has 0 aromatic carbocycles. The number of ether oxygens (including phenoxy) is 1. The van der Waals surface area contributed by atoms with E-state index in [0.29, 0.717) is 0 Å². The van der Waals surface area contributed by atoms with Gasteiger partial charge in [0.1, 0.15) is 4.60 Å². The summed E-state index contributed by atoms with van der Waals surface area (Å²) in [6.07, 6.45) is -2.03. The Morgan fingerprint density at radius 1 is 1.65 bits per heavy atom. The van der Waals surface area contributed by atoms with Gasteiger partial charge >= 0.3 is 5.97 Å². The molecule has 0 fully saturated rings. The number of anilines is 1. The molecule has 0 saturated heterocycles. The van der Waals surface area contributed by atoms with E-state index in [4.69, 9.17) is 10.5 Å². The Balaban J connectivity index is 3.10. The zero-order valence-corrected chi connectivity index (χ0v) is 10.6. The highest BCUT2D eigenvalue weighted by atomic mass is 79.9. The van der Waals surface area contributed by atoms with Crippen LogP contribution in [0, 0.1) is 0 Å². The van der Waals surface area contributed by atoms with Gasteiger partial charge in [0.05, 0.1) is 18.7 Å². The van der Waals surface area contributed by atoms with Crippen LogP contribution in [-0.4, -0.2) is 17.6 Å². The second-order valence-electron chi connectivity index (χ2n) is 3.18. The maximum absolute atomic E-state index is 12.7. The van der Waals surface area contributed by atoms with Crippen molar-refractivity contribution in [2.45, 2.75) is 19.8 Å². The van der Waals surface area contributed by atoms with Crippen molar-refractivity contribution in [3.63, 3.8) is 0 Å². The Hall–Kier alpha value is -1.24. The minimum absolute atomic E-state index is 0.0378. The molecule has 0 aliphatic carbocycles. The Morgan fingerprint density at radius 3 is 2.82 bits per heavy atom. The van der Waals surface area contributed by atoms with Crippen molar-refractivity contribution in [3.8, 4) is 0 Å². The van der Waals surface area contributed by atoms with E-state index in [1.165, 1.54) is 0 Å². The number of hydrogen-bond donors (Lipinski definition) is 1. The van der Waals surface area contributed by atoms with Crippen LogP contribution in [0.1, 0.15) is 24.5 Å². The number of rotatable bonds is 4. The lowest BCUT2D eigenvalue weighted by atomic mass is 10.1. The Kier molecular flexibility index (Phi) is 4.80. The molecular weight excluding hydrogens is 298 g/mol. The number of alkyl halides is 2. The molecule has 94 valence electrons. The highest BCUT2D eigenvalue weighted by molar-refractivity contribution is 9.10. The van der Waals surface area contributed by atoms with Crippen LogP contribution in [0.5, 0.6) is 0 Å². The Morgan fingerprint density at radius 2 is 2.29 bits per heavy atom. The van der Waals surface area contributed by atoms with Crippen LogP contribution in [-0.2, 0) is 16.0 Å². The van der Waals surface area contributed by atoms with Crippen molar-refractivity contribution < 1.29 is 18.3 Å². The molecule has 0 unspecified atom stereocenters. The minimum Gasteiger partial charge on any atom is -0.466 e. The van der Waals surface area contributed by atoms with Gasteiger partial charge in [-0.15, -0.1) is 0 Å². The fourth-order valence-corrected chi connectivity index (χ4v) is 1.64. The molecule has 0 aliphatic rings. The van der Waals surface area contributed by atoms with Crippen molar-refractivity contribution in [2.75, 3.05) is 12.3 Å². The molecule has 0 spiro atoms. The molecule has 4 nitrogen and oxygen atoms in total. The molecule has 1 aromatic rings. The summed E-state index contributed by atoms with van der Waals surface area (Å²) in [5, 5.41) is 0. The average molecular weight is 309 g/mol. The number of esters is 1. The number of nitrogen functional groups attached to an aromatic ring is 1. The topological polar surface area (TPSA) is 65.2 Å². The highest BCUT2D eigenvalue weighted by Crippen LogP contribution is 2.30. The monoisotopic (exact) mass is 308 g/mol. The SMILES string of the molecule is CCOC(=O)Cc1c(C(F)F)cnc(Br)c1N. The maximum Gasteiger partial charge on any atom is 0.310 e. The van der Waals surface area contributed by atoms with Crippen LogP contribution in [0.15, 0.2) is 10.8 Å². The van der Waals surface area contributed by atoms with Crippen molar-refractivity contribution in [3.05, 3.63) is 21.9 Å². The summed E-state index contributed by atoms with van der Waals surface area (Å²) in [4.78, 5) is 15.0. The molecule has 17 heavy (non-hydrogen) atoms. The van der Waals surface area contributed by atoms with Gasteiger partial charge in [-0.05, 0) is 28.4 Å². The number of carbonyl (C=O) groups is 1. The van der Waals surface area contributed by atoms with Gasteiger partial charge in [0.15, 0.2) is 0 Å². The number of carbonyl (C=O) groups excluding carboxylic acids is 1. The van der Waals surface area contributed by atoms with Crippen LogP contribution in [0.25, 0.3) is 0 Å². The van der Waals surface area contributed by atoms with E-state index in [1.54, 1.807) is 6.92 Å². The van der Waals surface area contributed by atoms with Crippen molar-refractivity contribution >= 4 is 27.6 Å². The third kappa shape index (κ3) is 3.36. The van der Waals surface area contributed by atoms with Crippen molar-refractivity contribution in [2.24, 2.45) is 0 Å². The average Bonchev–Trinajstić information content (AvgIpc) is 2.25. The summed E-state index contributed by atoms with van der Waals surface area (Å²) >= 11 is 3.03. The van der Waals surface area contributed by atoms with Gasteiger partial charge in [-0.1, -0.05) is 0 Å². The first-order chi connectivity index (χ1) is 7.97. The normalized spacial score (nSPS) is 10.6. The quantitative estimate of drug-likeness (QED) is 0.685. The number of pyridine rings is 1. The lowest BCUT2D eigenvalue weighted by Crippen LogP contribution is -2.12. The molecule has 0 bridgehead atoms. The van der Waals surface area contributed by atoms with Crippen molar-refractivity contribution in [1.29, 1.82) is 0 Å². The van der Waals surface area contributed by atoms with Gasteiger partial charge in [0, 0.05) is 11.8 Å². The summed E-state index contributed by atoms with van der Waals surface area (Å²) in [5.74, 6) is -0.598. The van der Waals surface area contributed by atoms with E-state index in [-0.39, 0.29) is 34.4 Å². The first kappa shape index (κ1) is 13.8. The Labute approximate surface area is 105 Å². The molecule has 1 rings (SSSR count). The number of nitrogens with zero attached hydrogens (tertiary/aromatic N) is 1. The predicted molar refractivity (Wildman–Crippen MR) is 61.6 cm³/mol. The molecule has 0 aliphatic heterocycles. The second kappa shape index (κ2) is 5.90. The first-order valence-corrected chi connectivity index (χ1v) is 5.63. The molecule has 1 heterocycles. The molecular formula is C10H11BrF2N2O2. The third-order valence-corrected chi connectivity index (χ3v) is 2.71. The van der Waals surface area contributed by atoms with E-state index in [0.717, 1.165) is 6.20 Å². The van der Waals surface area contributed by atoms with Crippen LogP contribution in [0.4, 0.5) is 14.5 Å². The first-order valence-electron chi connectivity index (χ1n) is 4.83. The molecule has 0 atom stereocenters. The lowest BCUT2D eigenvalue weighted by molar-refractivity contribution is -0.142. The number of hydrogen-bond acceptors (Lipinski definition) is 4. The summed E-state index contributed by atoms with van der Waals surface area (Å²) in [7, 11) is 0. The van der Waals surface area contributed by atoms with Gasteiger partial charge in [-0.2, -0.15) is 0 Å². The van der Waals surface area contributed by atoms with E-state index in [2.05, 4.69) is 20.9 Å². The fourth-order valence-electron chi connectivity index (χ4n) is 1.30. The summed E-state index contributed by atoms with van der Waals surface area (Å²) in [5.41, 5.74) is 5.36. The summed E-state index contributed by atoms with van der Waals surface area (Å²) < 4.78 is 30.4. The van der Waals surface area contributed by atoms with Gasteiger partial charge < -0.3 is 10.5 Å².